The predicted molar refractivity (Wildman–Crippen MR) is 121 cm³/mol. The van der Waals surface area contributed by atoms with Gasteiger partial charge >= 0.3 is 0 Å². The zero-order valence-corrected chi connectivity index (χ0v) is 17.8. The monoisotopic (exact) mass is 428 g/mol. The van der Waals surface area contributed by atoms with Crippen LogP contribution in [0.4, 0.5) is 0 Å². The van der Waals surface area contributed by atoms with Crippen molar-refractivity contribution in [3.63, 3.8) is 0 Å². The summed E-state index contributed by atoms with van der Waals surface area (Å²) in [7, 11) is 0. The number of hydrogen-bond donors (Lipinski definition) is 1. The quantitative estimate of drug-likeness (QED) is 0.384. The lowest BCUT2D eigenvalue weighted by molar-refractivity contribution is 0.0987. The van der Waals surface area contributed by atoms with E-state index in [1.807, 2.05) is 57.9 Å². The maximum atomic E-state index is 13.2. The summed E-state index contributed by atoms with van der Waals surface area (Å²) < 4.78 is 5.52. The Labute approximate surface area is 184 Å². The molecule has 5 rings (SSSR count). The van der Waals surface area contributed by atoms with Crippen LogP contribution in [-0.4, -0.2) is 46.4 Å². The van der Waals surface area contributed by atoms with Crippen molar-refractivity contribution in [1.29, 1.82) is 0 Å². The molecule has 0 spiro atoms. The second-order valence-electron chi connectivity index (χ2n) is 7.78. The Hall–Kier alpha value is -3.78. The first kappa shape index (κ1) is 20.1. The summed E-state index contributed by atoms with van der Waals surface area (Å²) in [6, 6.07) is 11.7. The molecule has 4 aromatic heterocycles. The first-order valence-electron chi connectivity index (χ1n) is 10.7. The number of Topliss-reactive ketones (excluding diaryl/α,β-unsaturated/α-hetero) is 1. The molecule has 0 saturated heterocycles. The van der Waals surface area contributed by atoms with Crippen LogP contribution >= 0.6 is 0 Å². The number of benzene rings is 1. The van der Waals surface area contributed by atoms with Gasteiger partial charge in [-0.25, -0.2) is 4.98 Å². The SMILES string of the molecule is CCc1nn(Cc2cnn(CCO)c2)c2cccc(CC(=O)c3cnc4ccccn34)c12. The zero-order valence-electron chi connectivity index (χ0n) is 17.8. The van der Waals surface area contributed by atoms with Gasteiger partial charge < -0.3 is 5.11 Å². The van der Waals surface area contributed by atoms with E-state index in [0.29, 0.717) is 18.8 Å². The van der Waals surface area contributed by atoms with Crippen LogP contribution in [0.5, 0.6) is 0 Å². The van der Waals surface area contributed by atoms with E-state index in [1.165, 1.54) is 0 Å². The van der Waals surface area contributed by atoms with E-state index >= 15 is 0 Å². The number of nitrogens with zero attached hydrogens (tertiary/aromatic N) is 6. The molecule has 0 fully saturated rings. The fourth-order valence-electron chi connectivity index (χ4n) is 4.19. The Kier molecular flexibility index (Phi) is 5.28. The number of imidazole rings is 1. The van der Waals surface area contributed by atoms with Crippen molar-refractivity contribution in [2.45, 2.75) is 32.9 Å². The summed E-state index contributed by atoms with van der Waals surface area (Å²) in [5.41, 5.74) is 5.30. The molecule has 0 aliphatic rings. The van der Waals surface area contributed by atoms with Crippen molar-refractivity contribution in [1.82, 2.24) is 28.9 Å². The number of aliphatic hydroxyl groups excluding tert-OH is 1. The highest BCUT2D eigenvalue weighted by Gasteiger charge is 2.18. The molecule has 32 heavy (non-hydrogen) atoms. The van der Waals surface area contributed by atoms with Crippen molar-refractivity contribution in [2.75, 3.05) is 6.61 Å². The Morgan fingerprint density at radius 2 is 2.03 bits per heavy atom. The number of fused-ring (bicyclic) bond motifs is 2. The van der Waals surface area contributed by atoms with Gasteiger partial charge in [0.25, 0.3) is 0 Å². The van der Waals surface area contributed by atoms with Crippen molar-refractivity contribution in [3.05, 3.63) is 83.7 Å². The summed E-state index contributed by atoms with van der Waals surface area (Å²) in [5, 5.41) is 19.3. The second-order valence-corrected chi connectivity index (χ2v) is 7.78. The summed E-state index contributed by atoms with van der Waals surface area (Å²) >= 11 is 0. The highest BCUT2D eigenvalue weighted by Crippen LogP contribution is 2.26. The minimum Gasteiger partial charge on any atom is -0.394 e. The number of aryl methyl sites for hydroxylation is 1. The van der Waals surface area contributed by atoms with E-state index in [0.717, 1.165) is 39.8 Å². The Morgan fingerprint density at radius 3 is 2.88 bits per heavy atom. The number of carbonyl (C=O) groups excluding carboxylic acids is 1. The molecule has 5 aromatic rings. The smallest absolute Gasteiger partial charge is 0.185 e. The standard InChI is InChI=1S/C24H24N6O2/c1-2-19-24-18(12-22(32)21-14-25-23-8-3-4-9-29(21)23)6-5-7-20(24)30(27-19)16-17-13-26-28(15-17)10-11-31/h3-9,13-15,31H,2,10-12,16H2,1H3. The van der Waals surface area contributed by atoms with Gasteiger partial charge in [-0.05, 0) is 30.2 Å². The van der Waals surface area contributed by atoms with Crippen LogP contribution in [0.25, 0.3) is 16.6 Å². The van der Waals surface area contributed by atoms with Crippen LogP contribution < -0.4 is 0 Å². The highest BCUT2D eigenvalue weighted by molar-refractivity contribution is 5.99. The number of aliphatic hydroxyl groups is 1. The van der Waals surface area contributed by atoms with E-state index in [4.69, 9.17) is 10.2 Å². The molecule has 8 nitrogen and oxygen atoms in total. The topological polar surface area (TPSA) is 90.2 Å². The molecule has 1 N–H and O–H groups in total. The third-order valence-corrected chi connectivity index (χ3v) is 5.67. The van der Waals surface area contributed by atoms with E-state index < -0.39 is 0 Å². The van der Waals surface area contributed by atoms with Crippen LogP contribution in [-0.2, 0) is 25.9 Å². The van der Waals surface area contributed by atoms with E-state index in [2.05, 4.69) is 17.0 Å². The van der Waals surface area contributed by atoms with Gasteiger partial charge in [-0.2, -0.15) is 10.2 Å². The van der Waals surface area contributed by atoms with Crippen LogP contribution in [0.2, 0.25) is 0 Å². The highest BCUT2D eigenvalue weighted by atomic mass is 16.3. The summed E-state index contributed by atoms with van der Waals surface area (Å²) in [5.74, 6) is 0.0243. The van der Waals surface area contributed by atoms with E-state index in [1.54, 1.807) is 17.1 Å². The molecule has 0 bridgehead atoms. The molecule has 0 aliphatic heterocycles. The number of ketones is 1. The fraction of sp³-hybridized carbons (Fsp3) is 0.250. The average Bonchev–Trinajstić information content (AvgIpc) is 3.52. The molecule has 0 atom stereocenters. The molecule has 0 radical (unpaired) electrons. The molecular weight excluding hydrogens is 404 g/mol. The molecule has 4 heterocycles. The van der Waals surface area contributed by atoms with Gasteiger partial charge in [-0.3, -0.25) is 18.6 Å². The molecule has 8 heteroatoms. The average molecular weight is 428 g/mol. The minimum atomic E-state index is 0.0243. The Balaban J connectivity index is 1.49. The van der Waals surface area contributed by atoms with Crippen LogP contribution in [0, 0.1) is 0 Å². The van der Waals surface area contributed by atoms with E-state index in [-0.39, 0.29) is 18.8 Å². The number of hydrogen-bond acceptors (Lipinski definition) is 5. The first-order valence-corrected chi connectivity index (χ1v) is 10.7. The fourth-order valence-corrected chi connectivity index (χ4v) is 4.19. The van der Waals surface area contributed by atoms with Gasteiger partial charge in [0.15, 0.2) is 5.78 Å². The Bertz CT molecular complexity index is 1410. The van der Waals surface area contributed by atoms with E-state index in [9.17, 15) is 4.79 Å². The molecule has 0 amide bonds. The lowest BCUT2D eigenvalue weighted by Crippen LogP contribution is -2.07. The second kappa shape index (κ2) is 8.39. The third kappa shape index (κ3) is 3.58. The van der Waals surface area contributed by atoms with Crippen molar-refractivity contribution in [3.8, 4) is 0 Å². The van der Waals surface area contributed by atoms with Crippen molar-refractivity contribution >= 4 is 22.3 Å². The van der Waals surface area contributed by atoms with Gasteiger partial charge in [-0.1, -0.05) is 25.1 Å². The molecule has 1 aromatic carbocycles. The van der Waals surface area contributed by atoms with Gasteiger partial charge in [0.1, 0.15) is 11.3 Å². The summed E-state index contributed by atoms with van der Waals surface area (Å²) in [6.45, 7) is 3.17. The largest absolute Gasteiger partial charge is 0.394 e. The maximum Gasteiger partial charge on any atom is 0.185 e. The third-order valence-electron chi connectivity index (χ3n) is 5.67. The van der Waals surface area contributed by atoms with Gasteiger partial charge in [0.05, 0.1) is 43.3 Å². The number of pyridine rings is 1. The van der Waals surface area contributed by atoms with Crippen LogP contribution in [0.15, 0.2) is 61.2 Å². The molecule has 162 valence electrons. The van der Waals surface area contributed by atoms with Crippen LogP contribution in [0.1, 0.15) is 34.2 Å². The number of rotatable bonds is 8. The lowest BCUT2D eigenvalue weighted by atomic mass is 10.0. The predicted octanol–water partition coefficient (Wildman–Crippen LogP) is 2.91. The van der Waals surface area contributed by atoms with Gasteiger partial charge in [0.2, 0.25) is 0 Å². The first-order chi connectivity index (χ1) is 15.7. The number of carbonyl (C=O) groups is 1. The van der Waals surface area contributed by atoms with Crippen molar-refractivity contribution in [2.24, 2.45) is 0 Å². The van der Waals surface area contributed by atoms with Crippen molar-refractivity contribution < 1.29 is 9.90 Å². The molecule has 0 unspecified atom stereocenters. The summed E-state index contributed by atoms with van der Waals surface area (Å²) in [4.78, 5) is 17.5. The van der Waals surface area contributed by atoms with Gasteiger partial charge in [0, 0.05) is 29.8 Å². The molecule has 0 saturated carbocycles. The Morgan fingerprint density at radius 1 is 1.12 bits per heavy atom. The molecular formula is C24H24N6O2. The van der Waals surface area contributed by atoms with Crippen LogP contribution in [0.3, 0.4) is 0 Å². The molecule has 0 aliphatic carbocycles. The maximum absolute atomic E-state index is 13.2. The lowest BCUT2D eigenvalue weighted by Gasteiger charge is -2.06. The zero-order chi connectivity index (χ0) is 22.1. The number of aromatic nitrogens is 6. The van der Waals surface area contributed by atoms with Gasteiger partial charge in [-0.15, -0.1) is 0 Å². The minimum absolute atomic E-state index is 0.0243. The normalized spacial score (nSPS) is 11.6. The summed E-state index contributed by atoms with van der Waals surface area (Å²) in [6.07, 6.45) is 8.29.